The van der Waals surface area contributed by atoms with Gasteiger partial charge in [-0.15, -0.1) is 0 Å². The Kier molecular flexibility index (Phi) is 5.44. The van der Waals surface area contributed by atoms with E-state index >= 15 is 0 Å². The molecule has 1 unspecified atom stereocenters. The monoisotopic (exact) mass is 312 g/mol. The molecule has 3 nitrogen and oxygen atoms in total. The van der Waals surface area contributed by atoms with Crippen LogP contribution in [0.2, 0.25) is 0 Å². The fourth-order valence-electron chi connectivity index (χ4n) is 3.42. The molecule has 0 amide bonds. The van der Waals surface area contributed by atoms with Crippen molar-refractivity contribution < 1.29 is 14.2 Å². The summed E-state index contributed by atoms with van der Waals surface area (Å²) in [5, 5.41) is 0. The van der Waals surface area contributed by atoms with Crippen molar-refractivity contribution in [3.63, 3.8) is 0 Å². The minimum Gasteiger partial charge on any atom is -0.366 e. The molecule has 0 aromatic heterocycles. The lowest BCUT2D eigenvalue weighted by Crippen LogP contribution is -2.33. The summed E-state index contributed by atoms with van der Waals surface area (Å²) in [6.45, 7) is 0. The summed E-state index contributed by atoms with van der Waals surface area (Å²) in [5.74, 6) is 0.300. The Bertz CT molecular complexity index is 533. The number of benzene rings is 2. The van der Waals surface area contributed by atoms with Crippen LogP contribution in [0.5, 0.6) is 0 Å². The van der Waals surface area contributed by atoms with E-state index < -0.39 is 0 Å². The van der Waals surface area contributed by atoms with Crippen LogP contribution in [0.15, 0.2) is 60.7 Å². The first-order valence-corrected chi connectivity index (χ1v) is 8.12. The second kappa shape index (κ2) is 7.73. The van der Waals surface area contributed by atoms with Crippen molar-refractivity contribution in [3.05, 3.63) is 71.8 Å². The van der Waals surface area contributed by atoms with Crippen LogP contribution in [0.1, 0.15) is 36.2 Å². The van der Waals surface area contributed by atoms with E-state index in [2.05, 4.69) is 48.5 Å². The van der Waals surface area contributed by atoms with E-state index in [0.29, 0.717) is 5.92 Å². The van der Waals surface area contributed by atoms with Gasteiger partial charge < -0.3 is 14.2 Å². The van der Waals surface area contributed by atoms with Gasteiger partial charge in [-0.3, -0.25) is 0 Å². The number of rotatable bonds is 5. The van der Waals surface area contributed by atoms with E-state index in [4.69, 9.17) is 14.2 Å². The van der Waals surface area contributed by atoms with Gasteiger partial charge in [0.1, 0.15) is 0 Å². The highest BCUT2D eigenvalue weighted by Crippen LogP contribution is 2.43. The molecule has 0 spiro atoms. The average Bonchev–Trinajstić information content (AvgIpc) is 2.64. The van der Waals surface area contributed by atoms with Crippen LogP contribution in [0.4, 0.5) is 0 Å². The molecule has 2 aromatic carbocycles. The molecular formula is C20H24O3. The summed E-state index contributed by atoms with van der Waals surface area (Å²) in [7, 11) is 3.41. The summed E-state index contributed by atoms with van der Waals surface area (Å²) in [4.78, 5) is 0. The molecule has 1 aliphatic rings. The van der Waals surface area contributed by atoms with Crippen LogP contribution in [0.3, 0.4) is 0 Å². The second-order valence-electron chi connectivity index (χ2n) is 6.01. The minimum atomic E-state index is -0.198. The maximum atomic E-state index is 6.42. The quantitative estimate of drug-likeness (QED) is 0.760. The predicted molar refractivity (Wildman–Crippen MR) is 90.0 cm³/mol. The Labute approximate surface area is 138 Å². The molecule has 0 bridgehead atoms. The van der Waals surface area contributed by atoms with Crippen LogP contribution in [0, 0.1) is 5.92 Å². The maximum absolute atomic E-state index is 6.42. The SMILES string of the molecule is COC(OC)C1C[C@@H](c2ccccc2)O[C@@H](c2ccccc2)C1. The fraction of sp³-hybridized carbons (Fsp3) is 0.400. The molecule has 23 heavy (non-hydrogen) atoms. The third-order valence-corrected chi connectivity index (χ3v) is 4.55. The first-order valence-electron chi connectivity index (χ1n) is 8.12. The largest absolute Gasteiger partial charge is 0.366 e. The van der Waals surface area contributed by atoms with E-state index in [0.717, 1.165) is 12.8 Å². The summed E-state index contributed by atoms with van der Waals surface area (Å²) in [6, 6.07) is 20.8. The zero-order valence-electron chi connectivity index (χ0n) is 13.7. The first-order chi connectivity index (χ1) is 11.3. The smallest absolute Gasteiger partial charge is 0.159 e. The van der Waals surface area contributed by atoms with Crippen molar-refractivity contribution in [2.24, 2.45) is 5.92 Å². The Morgan fingerprint density at radius 1 is 0.783 bits per heavy atom. The van der Waals surface area contributed by atoms with E-state index in [1.54, 1.807) is 14.2 Å². The van der Waals surface area contributed by atoms with Gasteiger partial charge in [-0.1, -0.05) is 60.7 Å². The number of methoxy groups -OCH3 is 2. The van der Waals surface area contributed by atoms with Crippen molar-refractivity contribution in [1.29, 1.82) is 0 Å². The van der Waals surface area contributed by atoms with Crippen LogP contribution < -0.4 is 0 Å². The Balaban J connectivity index is 1.86. The van der Waals surface area contributed by atoms with E-state index in [9.17, 15) is 0 Å². The van der Waals surface area contributed by atoms with Gasteiger partial charge in [0.15, 0.2) is 6.29 Å². The van der Waals surface area contributed by atoms with Gasteiger partial charge in [-0.05, 0) is 24.0 Å². The lowest BCUT2D eigenvalue weighted by molar-refractivity contribution is -0.181. The number of hydrogen-bond donors (Lipinski definition) is 0. The van der Waals surface area contributed by atoms with E-state index in [-0.39, 0.29) is 18.5 Å². The summed E-state index contributed by atoms with van der Waals surface area (Å²) < 4.78 is 17.5. The molecule has 2 aromatic rings. The molecule has 3 heteroatoms. The zero-order chi connectivity index (χ0) is 16.1. The minimum absolute atomic E-state index is 0.0629. The lowest BCUT2D eigenvalue weighted by Gasteiger charge is -2.38. The fourth-order valence-corrected chi connectivity index (χ4v) is 3.42. The Morgan fingerprint density at radius 3 is 1.61 bits per heavy atom. The van der Waals surface area contributed by atoms with Crippen molar-refractivity contribution >= 4 is 0 Å². The van der Waals surface area contributed by atoms with Crippen LogP contribution >= 0.6 is 0 Å². The normalized spacial score (nSPS) is 24.7. The lowest BCUT2D eigenvalue weighted by atomic mass is 9.86. The third-order valence-electron chi connectivity index (χ3n) is 4.55. The van der Waals surface area contributed by atoms with Gasteiger partial charge in [-0.25, -0.2) is 0 Å². The van der Waals surface area contributed by atoms with Gasteiger partial charge >= 0.3 is 0 Å². The van der Waals surface area contributed by atoms with Crippen molar-refractivity contribution in [1.82, 2.24) is 0 Å². The summed E-state index contributed by atoms with van der Waals surface area (Å²) in [5.41, 5.74) is 2.42. The average molecular weight is 312 g/mol. The van der Waals surface area contributed by atoms with Gasteiger partial charge in [0, 0.05) is 20.1 Å². The van der Waals surface area contributed by atoms with Crippen molar-refractivity contribution in [2.75, 3.05) is 14.2 Å². The molecule has 1 heterocycles. The Morgan fingerprint density at radius 2 is 1.22 bits per heavy atom. The van der Waals surface area contributed by atoms with E-state index in [1.807, 2.05) is 12.1 Å². The highest BCUT2D eigenvalue weighted by atomic mass is 16.7. The molecule has 122 valence electrons. The van der Waals surface area contributed by atoms with Gasteiger partial charge in [0.25, 0.3) is 0 Å². The molecule has 1 saturated heterocycles. The molecule has 1 aliphatic heterocycles. The Hall–Kier alpha value is -1.68. The first kappa shape index (κ1) is 16.2. The molecule has 0 aliphatic carbocycles. The number of ether oxygens (including phenoxy) is 3. The molecule has 0 saturated carbocycles. The standard InChI is InChI=1S/C20H24O3/c1-21-20(22-2)17-13-18(15-9-5-3-6-10-15)23-19(14-17)16-11-7-4-8-12-16/h3-12,17-20H,13-14H2,1-2H3/t17?,18-,19+. The van der Waals surface area contributed by atoms with Crippen LogP contribution in [0.25, 0.3) is 0 Å². The molecule has 0 radical (unpaired) electrons. The maximum Gasteiger partial charge on any atom is 0.159 e. The van der Waals surface area contributed by atoms with Crippen LogP contribution in [-0.2, 0) is 14.2 Å². The summed E-state index contributed by atoms with van der Waals surface area (Å²) in [6.07, 6.45) is 1.73. The topological polar surface area (TPSA) is 27.7 Å². The van der Waals surface area contributed by atoms with E-state index in [1.165, 1.54) is 11.1 Å². The van der Waals surface area contributed by atoms with Crippen molar-refractivity contribution in [3.8, 4) is 0 Å². The van der Waals surface area contributed by atoms with Crippen molar-refractivity contribution in [2.45, 2.75) is 31.3 Å². The van der Waals surface area contributed by atoms with Gasteiger partial charge in [0.05, 0.1) is 12.2 Å². The third kappa shape index (κ3) is 3.81. The van der Waals surface area contributed by atoms with Gasteiger partial charge in [-0.2, -0.15) is 0 Å². The highest BCUT2D eigenvalue weighted by Gasteiger charge is 2.35. The molecule has 3 rings (SSSR count). The predicted octanol–water partition coefficient (Wildman–Crippen LogP) is 4.51. The zero-order valence-corrected chi connectivity index (χ0v) is 13.7. The van der Waals surface area contributed by atoms with Crippen LogP contribution in [-0.4, -0.2) is 20.5 Å². The molecule has 0 N–H and O–H groups in total. The molecule has 3 atom stereocenters. The molecular weight excluding hydrogens is 288 g/mol. The summed E-state index contributed by atoms with van der Waals surface area (Å²) >= 11 is 0. The molecule has 1 fully saturated rings. The highest BCUT2D eigenvalue weighted by molar-refractivity contribution is 5.21. The van der Waals surface area contributed by atoms with Gasteiger partial charge in [0.2, 0.25) is 0 Å². The number of hydrogen-bond acceptors (Lipinski definition) is 3. The second-order valence-corrected chi connectivity index (χ2v) is 6.01.